The topological polar surface area (TPSA) is 98.5 Å². The van der Waals surface area contributed by atoms with Crippen LogP contribution >= 0.6 is 11.3 Å². The van der Waals surface area contributed by atoms with Gasteiger partial charge in [0.25, 0.3) is 11.6 Å². The molecule has 1 aromatic carbocycles. The van der Waals surface area contributed by atoms with Gasteiger partial charge in [0.15, 0.2) is 6.61 Å². The molecule has 0 aliphatic carbocycles. The first-order chi connectivity index (χ1) is 11.5. The number of non-ortho nitro benzene ring substituents is 1. The van der Waals surface area contributed by atoms with E-state index >= 15 is 0 Å². The Balaban J connectivity index is 1.81. The summed E-state index contributed by atoms with van der Waals surface area (Å²) in [7, 11) is 0. The number of carbonyl (C=O) groups is 2. The number of nitrogens with one attached hydrogen (secondary N) is 1. The number of hydrogen-bond acceptors (Lipinski definition) is 6. The van der Waals surface area contributed by atoms with E-state index in [1.807, 2.05) is 16.8 Å². The van der Waals surface area contributed by atoms with E-state index in [0.717, 1.165) is 23.8 Å². The van der Waals surface area contributed by atoms with Crippen LogP contribution in [0, 0.1) is 15.9 Å². The van der Waals surface area contributed by atoms with Crippen LogP contribution in [0.2, 0.25) is 0 Å². The van der Waals surface area contributed by atoms with Crippen molar-refractivity contribution in [2.75, 3.05) is 11.9 Å². The van der Waals surface area contributed by atoms with Crippen LogP contribution in [0.5, 0.6) is 0 Å². The number of aryl methyl sites for hydroxylation is 1. The smallest absolute Gasteiger partial charge is 0.306 e. The van der Waals surface area contributed by atoms with Gasteiger partial charge in [-0.2, -0.15) is 11.3 Å². The van der Waals surface area contributed by atoms with Crippen molar-refractivity contribution in [1.82, 2.24) is 0 Å². The fraction of sp³-hybridized carbons (Fsp3) is 0.200. The SMILES string of the molecule is O=C(COC(=O)CCc1ccsc1)Nc1cc([N+](=O)[O-])ccc1F. The van der Waals surface area contributed by atoms with Gasteiger partial charge in [0, 0.05) is 18.6 Å². The minimum atomic E-state index is -0.822. The van der Waals surface area contributed by atoms with Crippen molar-refractivity contribution in [3.8, 4) is 0 Å². The Hall–Kier alpha value is -2.81. The minimum absolute atomic E-state index is 0.120. The third-order valence-corrected chi connectivity index (χ3v) is 3.73. The minimum Gasteiger partial charge on any atom is -0.456 e. The monoisotopic (exact) mass is 352 g/mol. The van der Waals surface area contributed by atoms with Crippen molar-refractivity contribution in [2.24, 2.45) is 0 Å². The van der Waals surface area contributed by atoms with E-state index in [1.54, 1.807) is 0 Å². The number of benzene rings is 1. The molecule has 0 radical (unpaired) electrons. The van der Waals surface area contributed by atoms with Crippen molar-refractivity contribution in [3.05, 3.63) is 56.5 Å². The first-order valence-electron chi connectivity index (χ1n) is 6.86. The number of halogens is 1. The number of nitro groups is 1. The standard InChI is InChI=1S/C15H13FN2O5S/c16-12-3-2-11(18(21)22)7-13(12)17-14(19)8-23-15(20)4-1-10-5-6-24-9-10/h2-3,5-7,9H,1,4,8H2,(H,17,19). The number of amides is 1. The van der Waals surface area contributed by atoms with Gasteiger partial charge in [-0.1, -0.05) is 0 Å². The molecule has 1 heterocycles. The fourth-order valence-corrected chi connectivity index (χ4v) is 2.51. The Bertz CT molecular complexity index is 748. The summed E-state index contributed by atoms with van der Waals surface area (Å²) in [5.41, 5.74) is 0.294. The zero-order valence-electron chi connectivity index (χ0n) is 12.4. The van der Waals surface area contributed by atoms with Crippen molar-refractivity contribution in [1.29, 1.82) is 0 Å². The van der Waals surface area contributed by atoms with Crippen LogP contribution in [0.15, 0.2) is 35.0 Å². The summed E-state index contributed by atoms with van der Waals surface area (Å²) in [5.74, 6) is -2.16. The fourth-order valence-electron chi connectivity index (χ4n) is 1.81. The van der Waals surface area contributed by atoms with Crippen LogP contribution in [0.4, 0.5) is 15.8 Å². The number of carbonyl (C=O) groups excluding carboxylic acids is 2. The van der Waals surface area contributed by atoms with Gasteiger partial charge >= 0.3 is 5.97 Å². The maximum Gasteiger partial charge on any atom is 0.306 e. The van der Waals surface area contributed by atoms with Gasteiger partial charge in [0.05, 0.1) is 10.6 Å². The molecule has 0 saturated heterocycles. The summed E-state index contributed by atoms with van der Waals surface area (Å²) in [6.07, 6.45) is 0.624. The van der Waals surface area contributed by atoms with Gasteiger partial charge in [-0.15, -0.1) is 0 Å². The molecular weight excluding hydrogens is 339 g/mol. The van der Waals surface area contributed by atoms with E-state index in [9.17, 15) is 24.1 Å². The van der Waals surface area contributed by atoms with Gasteiger partial charge in [-0.3, -0.25) is 19.7 Å². The average molecular weight is 352 g/mol. The second kappa shape index (κ2) is 8.16. The molecule has 1 amide bonds. The first-order valence-corrected chi connectivity index (χ1v) is 7.80. The maximum absolute atomic E-state index is 13.5. The molecule has 0 unspecified atom stereocenters. The lowest BCUT2D eigenvalue weighted by molar-refractivity contribution is -0.384. The summed E-state index contributed by atoms with van der Waals surface area (Å²) in [6, 6.07) is 4.64. The number of hydrogen-bond donors (Lipinski definition) is 1. The molecule has 0 spiro atoms. The zero-order chi connectivity index (χ0) is 17.5. The number of esters is 1. The summed E-state index contributed by atoms with van der Waals surface area (Å²) in [6.45, 7) is -0.593. The second-order valence-electron chi connectivity index (χ2n) is 4.76. The quantitative estimate of drug-likeness (QED) is 0.469. The van der Waals surface area contributed by atoms with Gasteiger partial charge in [0.1, 0.15) is 5.82 Å². The molecule has 2 aromatic rings. The molecule has 0 fully saturated rings. The Morgan fingerprint density at radius 2 is 2.12 bits per heavy atom. The summed E-state index contributed by atoms with van der Waals surface area (Å²) in [5, 5.41) is 16.6. The molecule has 24 heavy (non-hydrogen) atoms. The molecule has 0 aliphatic heterocycles. The average Bonchev–Trinajstić information content (AvgIpc) is 3.06. The summed E-state index contributed by atoms with van der Waals surface area (Å²) in [4.78, 5) is 33.1. The number of thiophene rings is 1. The molecule has 126 valence electrons. The molecule has 1 aromatic heterocycles. The van der Waals surface area contributed by atoms with E-state index in [1.165, 1.54) is 11.3 Å². The highest BCUT2D eigenvalue weighted by Gasteiger charge is 2.14. The predicted molar refractivity (Wildman–Crippen MR) is 85.3 cm³/mol. The lowest BCUT2D eigenvalue weighted by Gasteiger charge is -2.07. The highest BCUT2D eigenvalue weighted by molar-refractivity contribution is 7.07. The van der Waals surface area contributed by atoms with Gasteiger partial charge in [0.2, 0.25) is 0 Å². The maximum atomic E-state index is 13.5. The number of nitrogens with zero attached hydrogens (tertiary/aromatic N) is 1. The molecule has 9 heteroatoms. The van der Waals surface area contributed by atoms with Crippen molar-refractivity contribution in [3.63, 3.8) is 0 Å². The van der Waals surface area contributed by atoms with Crippen molar-refractivity contribution >= 4 is 34.6 Å². The highest BCUT2D eigenvalue weighted by atomic mass is 32.1. The lowest BCUT2D eigenvalue weighted by atomic mass is 10.2. The van der Waals surface area contributed by atoms with E-state index in [2.05, 4.69) is 5.32 Å². The molecule has 0 saturated carbocycles. The normalized spacial score (nSPS) is 10.2. The van der Waals surface area contributed by atoms with E-state index in [-0.39, 0.29) is 17.8 Å². The summed E-state index contributed by atoms with van der Waals surface area (Å²) < 4.78 is 18.3. The van der Waals surface area contributed by atoms with Gasteiger partial charge < -0.3 is 10.1 Å². The third kappa shape index (κ3) is 5.13. The van der Waals surface area contributed by atoms with Gasteiger partial charge in [-0.25, -0.2) is 4.39 Å². The third-order valence-electron chi connectivity index (χ3n) is 3.00. The second-order valence-corrected chi connectivity index (χ2v) is 5.54. The van der Waals surface area contributed by atoms with Crippen LogP contribution in [-0.4, -0.2) is 23.4 Å². The largest absolute Gasteiger partial charge is 0.456 e. The molecule has 0 bridgehead atoms. The van der Waals surface area contributed by atoms with E-state index < -0.39 is 29.2 Å². The highest BCUT2D eigenvalue weighted by Crippen LogP contribution is 2.21. The Labute approximate surface area is 140 Å². The van der Waals surface area contributed by atoms with Crippen LogP contribution in [0.25, 0.3) is 0 Å². The molecule has 0 aliphatic rings. The van der Waals surface area contributed by atoms with Crippen LogP contribution in [0.3, 0.4) is 0 Å². The number of ether oxygens (including phenoxy) is 1. The zero-order valence-corrected chi connectivity index (χ0v) is 13.2. The number of anilines is 1. The first kappa shape index (κ1) is 17.5. The molecule has 7 nitrogen and oxygen atoms in total. The van der Waals surface area contributed by atoms with Crippen molar-refractivity contribution < 1.29 is 23.6 Å². The van der Waals surface area contributed by atoms with Crippen molar-refractivity contribution in [2.45, 2.75) is 12.8 Å². The Morgan fingerprint density at radius 1 is 1.33 bits per heavy atom. The molecule has 0 atom stereocenters. The van der Waals surface area contributed by atoms with Crippen LogP contribution in [0.1, 0.15) is 12.0 Å². The van der Waals surface area contributed by atoms with E-state index in [4.69, 9.17) is 4.74 Å². The lowest BCUT2D eigenvalue weighted by Crippen LogP contribution is -2.21. The van der Waals surface area contributed by atoms with Crippen LogP contribution in [-0.2, 0) is 20.7 Å². The Morgan fingerprint density at radius 3 is 2.79 bits per heavy atom. The van der Waals surface area contributed by atoms with Crippen LogP contribution < -0.4 is 5.32 Å². The summed E-state index contributed by atoms with van der Waals surface area (Å²) >= 11 is 1.52. The predicted octanol–water partition coefficient (Wildman–Crippen LogP) is 2.91. The van der Waals surface area contributed by atoms with E-state index in [0.29, 0.717) is 6.42 Å². The molecule has 2 rings (SSSR count). The Kier molecular flexibility index (Phi) is 5.96. The van der Waals surface area contributed by atoms with Gasteiger partial charge in [-0.05, 0) is 34.9 Å². The number of rotatable bonds is 7. The molecular formula is C15H13FN2O5S. The molecule has 1 N–H and O–H groups in total. The number of nitro benzene ring substituents is 1.